The number of carbonyl (C=O) groups excluding carboxylic acids is 1. The fourth-order valence-corrected chi connectivity index (χ4v) is 3.04. The molecule has 0 saturated carbocycles. The monoisotopic (exact) mass is 342 g/mol. The number of carbonyl (C=O) groups is 1. The van der Waals surface area contributed by atoms with E-state index in [0.717, 1.165) is 5.65 Å². The Balaban J connectivity index is 1.71. The van der Waals surface area contributed by atoms with Gasteiger partial charge in [-0.2, -0.15) is 0 Å². The molecule has 3 aromatic rings. The summed E-state index contributed by atoms with van der Waals surface area (Å²) in [4.78, 5) is 12.5. The van der Waals surface area contributed by atoms with Crippen molar-refractivity contribution in [2.75, 3.05) is 11.9 Å². The first-order valence-electron chi connectivity index (χ1n) is 7.68. The van der Waals surface area contributed by atoms with Gasteiger partial charge in [0, 0.05) is 6.20 Å². The number of pyridine rings is 1. The van der Waals surface area contributed by atoms with Crippen molar-refractivity contribution in [1.29, 1.82) is 0 Å². The molecule has 0 aliphatic heterocycles. The molecule has 1 N–H and O–H groups in total. The van der Waals surface area contributed by atoms with Crippen LogP contribution in [0.4, 0.5) is 5.69 Å². The second-order valence-corrected chi connectivity index (χ2v) is 6.40. The van der Waals surface area contributed by atoms with Crippen LogP contribution in [-0.2, 0) is 4.79 Å². The van der Waals surface area contributed by atoms with E-state index in [2.05, 4.69) is 15.5 Å². The quantitative estimate of drug-likeness (QED) is 0.697. The minimum atomic E-state index is -0.327. The summed E-state index contributed by atoms with van der Waals surface area (Å²) in [5, 5.41) is 11.5. The molecule has 1 amide bonds. The predicted molar refractivity (Wildman–Crippen MR) is 94.5 cm³/mol. The zero-order chi connectivity index (χ0) is 16.9. The molecule has 0 bridgehead atoms. The third kappa shape index (κ3) is 3.51. The Morgan fingerprint density at radius 1 is 1.25 bits per heavy atom. The van der Waals surface area contributed by atoms with Gasteiger partial charge in [-0.1, -0.05) is 30.0 Å². The van der Waals surface area contributed by atoms with E-state index in [9.17, 15) is 4.79 Å². The number of benzene rings is 1. The lowest BCUT2D eigenvalue weighted by molar-refractivity contribution is -0.115. The van der Waals surface area contributed by atoms with Crippen molar-refractivity contribution in [2.45, 2.75) is 24.3 Å². The average Bonchev–Trinajstić information content (AvgIpc) is 3.00. The number of rotatable bonds is 6. The molecular formula is C17H18N4O2S. The fourth-order valence-electron chi connectivity index (χ4n) is 2.20. The molecule has 0 fully saturated rings. The van der Waals surface area contributed by atoms with E-state index >= 15 is 0 Å². The molecule has 1 aromatic carbocycles. The molecular weight excluding hydrogens is 324 g/mol. The van der Waals surface area contributed by atoms with Crippen LogP contribution in [0.25, 0.3) is 5.65 Å². The third-order valence-corrected chi connectivity index (χ3v) is 4.44. The molecule has 0 saturated heterocycles. The van der Waals surface area contributed by atoms with Gasteiger partial charge in [-0.3, -0.25) is 9.20 Å². The minimum Gasteiger partial charge on any atom is -0.492 e. The highest BCUT2D eigenvalue weighted by molar-refractivity contribution is 8.00. The first-order chi connectivity index (χ1) is 11.7. The maximum Gasteiger partial charge on any atom is 0.237 e. The van der Waals surface area contributed by atoms with Crippen molar-refractivity contribution < 1.29 is 9.53 Å². The molecule has 1 atom stereocenters. The standard InChI is InChI=1S/C17H18N4O2S/c1-3-23-14-9-5-4-8-13(14)18-16(22)12(2)24-17-20-19-15-10-6-7-11-21(15)17/h4-12H,3H2,1-2H3,(H,18,22). The van der Waals surface area contributed by atoms with Crippen molar-refractivity contribution in [3.05, 3.63) is 48.7 Å². The van der Waals surface area contributed by atoms with Gasteiger partial charge in [-0.15, -0.1) is 10.2 Å². The summed E-state index contributed by atoms with van der Waals surface area (Å²) >= 11 is 1.36. The first-order valence-corrected chi connectivity index (χ1v) is 8.56. The summed E-state index contributed by atoms with van der Waals surface area (Å²) in [7, 11) is 0. The van der Waals surface area contributed by atoms with Crippen molar-refractivity contribution >= 4 is 29.0 Å². The fraction of sp³-hybridized carbons (Fsp3) is 0.235. The summed E-state index contributed by atoms with van der Waals surface area (Å²) < 4.78 is 7.40. The number of anilines is 1. The third-order valence-electron chi connectivity index (χ3n) is 3.38. The van der Waals surface area contributed by atoms with Crippen LogP contribution in [0.5, 0.6) is 5.75 Å². The molecule has 124 valence electrons. The Bertz CT molecular complexity index is 849. The SMILES string of the molecule is CCOc1ccccc1NC(=O)C(C)Sc1nnc2ccccn12. The van der Waals surface area contributed by atoms with Crippen LogP contribution in [0, 0.1) is 0 Å². The maximum absolute atomic E-state index is 12.5. The van der Waals surface area contributed by atoms with E-state index in [1.807, 2.05) is 66.9 Å². The van der Waals surface area contributed by atoms with Gasteiger partial charge in [0.05, 0.1) is 17.5 Å². The van der Waals surface area contributed by atoms with E-state index in [-0.39, 0.29) is 11.2 Å². The van der Waals surface area contributed by atoms with Crippen molar-refractivity contribution in [3.63, 3.8) is 0 Å². The molecule has 0 aliphatic carbocycles. The molecule has 1 unspecified atom stereocenters. The Morgan fingerprint density at radius 2 is 2.04 bits per heavy atom. The summed E-state index contributed by atoms with van der Waals surface area (Å²) in [5.41, 5.74) is 1.43. The van der Waals surface area contributed by atoms with Gasteiger partial charge in [0.15, 0.2) is 10.8 Å². The van der Waals surface area contributed by atoms with E-state index in [0.29, 0.717) is 23.2 Å². The largest absolute Gasteiger partial charge is 0.492 e. The number of amides is 1. The van der Waals surface area contributed by atoms with Crippen molar-refractivity contribution in [2.24, 2.45) is 0 Å². The predicted octanol–water partition coefficient (Wildman–Crippen LogP) is 3.25. The lowest BCUT2D eigenvalue weighted by Crippen LogP contribution is -2.23. The summed E-state index contributed by atoms with van der Waals surface area (Å²) in [6, 6.07) is 13.1. The van der Waals surface area contributed by atoms with Crippen molar-refractivity contribution in [1.82, 2.24) is 14.6 Å². The Hall–Kier alpha value is -2.54. The van der Waals surface area contributed by atoms with Crippen LogP contribution in [-0.4, -0.2) is 32.4 Å². The van der Waals surface area contributed by atoms with Gasteiger partial charge < -0.3 is 10.1 Å². The molecule has 2 aromatic heterocycles. The number of nitrogens with one attached hydrogen (secondary N) is 1. The van der Waals surface area contributed by atoms with E-state index in [1.165, 1.54) is 11.8 Å². The summed E-state index contributed by atoms with van der Waals surface area (Å²) in [6.07, 6.45) is 1.88. The molecule has 24 heavy (non-hydrogen) atoms. The normalized spacial score (nSPS) is 12.1. The van der Waals surface area contributed by atoms with Crippen LogP contribution in [0.2, 0.25) is 0 Å². The van der Waals surface area contributed by atoms with Gasteiger partial charge in [0.2, 0.25) is 5.91 Å². The van der Waals surface area contributed by atoms with E-state index < -0.39 is 0 Å². The zero-order valence-electron chi connectivity index (χ0n) is 13.5. The minimum absolute atomic E-state index is 0.111. The molecule has 0 radical (unpaired) electrons. The number of nitrogens with zero attached hydrogens (tertiary/aromatic N) is 3. The first kappa shape index (κ1) is 16.3. The number of fused-ring (bicyclic) bond motifs is 1. The highest BCUT2D eigenvalue weighted by Crippen LogP contribution is 2.27. The molecule has 3 rings (SSSR count). The van der Waals surface area contributed by atoms with Crippen LogP contribution in [0.1, 0.15) is 13.8 Å². The van der Waals surface area contributed by atoms with Gasteiger partial charge in [-0.25, -0.2) is 0 Å². The average molecular weight is 342 g/mol. The topological polar surface area (TPSA) is 68.5 Å². The van der Waals surface area contributed by atoms with Gasteiger partial charge in [-0.05, 0) is 38.1 Å². The Kier molecular flexibility index (Phi) is 5.00. The van der Waals surface area contributed by atoms with Gasteiger partial charge >= 0.3 is 0 Å². The second kappa shape index (κ2) is 7.35. The highest BCUT2D eigenvalue weighted by atomic mass is 32.2. The van der Waals surface area contributed by atoms with E-state index in [1.54, 1.807) is 0 Å². The maximum atomic E-state index is 12.5. The number of para-hydroxylation sites is 2. The highest BCUT2D eigenvalue weighted by Gasteiger charge is 2.19. The number of hydrogen-bond acceptors (Lipinski definition) is 5. The number of hydrogen-bond donors (Lipinski definition) is 1. The number of thioether (sulfide) groups is 1. The van der Waals surface area contributed by atoms with Crippen molar-refractivity contribution in [3.8, 4) is 5.75 Å². The lowest BCUT2D eigenvalue weighted by Gasteiger charge is -2.14. The Labute approximate surface area is 144 Å². The van der Waals surface area contributed by atoms with Gasteiger partial charge in [0.1, 0.15) is 5.75 Å². The van der Waals surface area contributed by atoms with Crippen LogP contribution in [0.3, 0.4) is 0 Å². The smallest absolute Gasteiger partial charge is 0.237 e. The van der Waals surface area contributed by atoms with Crippen LogP contribution < -0.4 is 10.1 Å². The molecule has 7 heteroatoms. The molecule has 6 nitrogen and oxygen atoms in total. The van der Waals surface area contributed by atoms with Crippen LogP contribution >= 0.6 is 11.8 Å². The number of aromatic nitrogens is 3. The second-order valence-electron chi connectivity index (χ2n) is 5.09. The number of ether oxygens (including phenoxy) is 1. The van der Waals surface area contributed by atoms with Gasteiger partial charge in [0.25, 0.3) is 0 Å². The lowest BCUT2D eigenvalue weighted by atomic mass is 10.3. The zero-order valence-corrected chi connectivity index (χ0v) is 14.3. The van der Waals surface area contributed by atoms with Crippen LogP contribution in [0.15, 0.2) is 53.8 Å². The Morgan fingerprint density at radius 3 is 2.88 bits per heavy atom. The molecule has 0 spiro atoms. The van der Waals surface area contributed by atoms with E-state index in [4.69, 9.17) is 4.74 Å². The molecule has 2 heterocycles. The molecule has 0 aliphatic rings. The summed E-state index contributed by atoms with van der Waals surface area (Å²) in [6.45, 7) is 4.30. The summed E-state index contributed by atoms with van der Waals surface area (Å²) in [5.74, 6) is 0.554.